The predicted molar refractivity (Wildman–Crippen MR) is 180 cm³/mol. The molecule has 0 aliphatic heterocycles. The molecular formula is C33H70N2O7S. The zero-order valence-electron chi connectivity index (χ0n) is 28.9. The Morgan fingerprint density at radius 2 is 0.605 bits per heavy atom. The summed E-state index contributed by atoms with van der Waals surface area (Å²) in [4.78, 5) is 9.00. The van der Waals surface area contributed by atoms with Gasteiger partial charge in [-0.3, -0.25) is 0 Å². The van der Waals surface area contributed by atoms with Crippen LogP contribution >= 0.6 is 11.8 Å². The van der Waals surface area contributed by atoms with Gasteiger partial charge in [-0.15, -0.1) is 0 Å². The van der Waals surface area contributed by atoms with E-state index in [1.807, 2.05) is 0 Å². The van der Waals surface area contributed by atoms with Crippen LogP contribution in [0.5, 0.6) is 0 Å². The molecule has 260 valence electrons. The molecule has 0 bridgehead atoms. The van der Waals surface area contributed by atoms with E-state index in [4.69, 9.17) is 33.2 Å². The van der Waals surface area contributed by atoms with Crippen molar-refractivity contribution in [2.24, 2.45) is 11.5 Å². The molecule has 10 heteroatoms. The van der Waals surface area contributed by atoms with E-state index in [0.717, 1.165) is 25.7 Å². The zero-order valence-corrected chi connectivity index (χ0v) is 29.7. The van der Waals surface area contributed by atoms with E-state index >= 15 is 0 Å². The SMILES string of the molecule is COC(CCCCCCCCCCCCSCCCCCCCCCCCCC(OC)(OC)OC)(OC)OC.NC(N)=O. The van der Waals surface area contributed by atoms with E-state index in [1.54, 1.807) is 42.7 Å². The molecule has 0 saturated heterocycles. The minimum Gasteiger partial charge on any atom is -0.352 e. The van der Waals surface area contributed by atoms with Crippen LogP contribution in [0, 0.1) is 0 Å². The Morgan fingerprint density at radius 3 is 0.814 bits per heavy atom. The number of carbonyl (C=O) groups excluding carboxylic acids is 1. The maximum atomic E-state index is 9.00. The summed E-state index contributed by atoms with van der Waals surface area (Å²) < 4.78 is 32.1. The van der Waals surface area contributed by atoms with Crippen molar-refractivity contribution in [3.8, 4) is 0 Å². The van der Waals surface area contributed by atoms with E-state index in [9.17, 15) is 0 Å². The summed E-state index contributed by atoms with van der Waals surface area (Å²) in [5, 5.41) is 0. The van der Waals surface area contributed by atoms with Gasteiger partial charge in [0.05, 0.1) is 0 Å². The number of urea groups is 1. The molecule has 0 aromatic heterocycles. The minimum atomic E-state index is -0.852. The second-order valence-electron chi connectivity index (χ2n) is 11.2. The molecule has 0 saturated carbocycles. The van der Waals surface area contributed by atoms with Gasteiger partial charge in [-0.1, -0.05) is 103 Å². The summed E-state index contributed by atoms with van der Waals surface area (Å²) in [5.41, 5.74) is 8.50. The molecule has 0 aromatic carbocycles. The lowest BCUT2D eigenvalue weighted by atomic mass is 10.1. The Kier molecular flexibility index (Phi) is 33.9. The van der Waals surface area contributed by atoms with Gasteiger partial charge in [0.1, 0.15) is 0 Å². The monoisotopic (exact) mass is 638 g/mol. The van der Waals surface area contributed by atoms with Crippen molar-refractivity contribution < 1.29 is 33.2 Å². The third-order valence-electron chi connectivity index (χ3n) is 7.91. The Hall–Kier alpha value is -0.620. The molecular weight excluding hydrogens is 568 g/mol. The Balaban J connectivity index is 0. The van der Waals surface area contributed by atoms with E-state index in [-0.39, 0.29) is 0 Å². The van der Waals surface area contributed by atoms with Crippen molar-refractivity contribution in [2.75, 3.05) is 54.2 Å². The third kappa shape index (κ3) is 28.6. The molecule has 0 rings (SSSR count). The second kappa shape index (κ2) is 32.8. The standard InChI is InChI=1S/C32H66O6S.CH4N2O/c1-33-31(34-2,35-3)27-23-19-15-11-7-9-13-17-21-25-29-39-30-26-22-18-14-10-8-12-16-20-24-28-32(36-4,37-5)38-6;2-1(3)4/h7-30H2,1-6H3;(H4,2,3,4). The molecule has 0 aromatic rings. The summed E-state index contributed by atoms with van der Waals surface area (Å²) >= 11 is 2.17. The average molecular weight is 639 g/mol. The predicted octanol–water partition coefficient (Wildman–Crippen LogP) is 8.51. The number of hydrogen-bond donors (Lipinski definition) is 2. The van der Waals surface area contributed by atoms with Crippen LogP contribution < -0.4 is 11.5 Å². The number of ether oxygens (including phenoxy) is 6. The normalized spacial score (nSPS) is 11.9. The highest BCUT2D eigenvalue weighted by molar-refractivity contribution is 7.99. The van der Waals surface area contributed by atoms with E-state index in [0.29, 0.717) is 0 Å². The summed E-state index contributed by atoms with van der Waals surface area (Å²) in [7, 11) is 9.84. The van der Waals surface area contributed by atoms with Gasteiger partial charge in [-0.2, -0.15) is 11.8 Å². The van der Waals surface area contributed by atoms with Crippen LogP contribution in [-0.4, -0.2) is 72.1 Å². The maximum absolute atomic E-state index is 9.00. The molecule has 2 amide bonds. The van der Waals surface area contributed by atoms with E-state index < -0.39 is 18.0 Å². The summed E-state index contributed by atoms with van der Waals surface area (Å²) in [6, 6.07) is -0.833. The van der Waals surface area contributed by atoms with Crippen molar-refractivity contribution in [3.05, 3.63) is 0 Å². The minimum absolute atomic E-state index is 0.790. The number of rotatable bonds is 32. The lowest BCUT2D eigenvalue weighted by Crippen LogP contribution is -2.35. The fourth-order valence-electron chi connectivity index (χ4n) is 5.13. The molecule has 0 atom stereocenters. The molecule has 0 heterocycles. The Bertz CT molecular complexity index is 517. The van der Waals surface area contributed by atoms with Crippen molar-refractivity contribution in [1.29, 1.82) is 0 Å². The smallest absolute Gasteiger partial charge is 0.309 e. The number of primary amides is 2. The zero-order chi connectivity index (χ0) is 32.5. The van der Waals surface area contributed by atoms with Crippen LogP contribution in [-0.2, 0) is 28.4 Å². The fraction of sp³-hybridized carbons (Fsp3) is 0.970. The summed E-state index contributed by atoms with van der Waals surface area (Å²) in [5.74, 6) is 1.00. The van der Waals surface area contributed by atoms with Gasteiger partial charge in [-0.05, 0) is 37.2 Å². The first kappa shape index (κ1) is 44.5. The van der Waals surface area contributed by atoms with Gasteiger partial charge in [0, 0.05) is 55.5 Å². The lowest BCUT2D eigenvalue weighted by molar-refractivity contribution is -0.355. The molecule has 4 N–H and O–H groups in total. The lowest BCUT2D eigenvalue weighted by Gasteiger charge is -2.28. The number of carbonyl (C=O) groups is 1. The number of hydrogen-bond acceptors (Lipinski definition) is 8. The van der Waals surface area contributed by atoms with Crippen LogP contribution in [0.25, 0.3) is 0 Å². The molecule has 0 spiro atoms. The van der Waals surface area contributed by atoms with Gasteiger partial charge in [0.25, 0.3) is 11.9 Å². The number of amides is 2. The number of methoxy groups -OCH3 is 6. The maximum Gasteiger partial charge on any atom is 0.309 e. The van der Waals surface area contributed by atoms with E-state index in [1.165, 1.54) is 127 Å². The summed E-state index contributed by atoms with van der Waals surface area (Å²) in [6.07, 6.45) is 28.2. The molecule has 0 unspecified atom stereocenters. The van der Waals surface area contributed by atoms with Crippen LogP contribution in [0.4, 0.5) is 4.79 Å². The third-order valence-corrected chi connectivity index (χ3v) is 9.06. The van der Waals surface area contributed by atoms with Gasteiger partial charge in [0.2, 0.25) is 0 Å². The van der Waals surface area contributed by atoms with E-state index in [2.05, 4.69) is 23.2 Å². The highest BCUT2D eigenvalue weighted by atomic mass is 32.2. The van der Waals surface area contributed by atoms with Gasteiger partial charge in [0.15, 0.2) is 0 Å². The van der Waals surface area contributed by atoms with Crippen LogP contribution in [0.1, 0.15) is 141 Å². The average Bonchev–Trinajstić information content (AvgIpc) is 3.01. The molecule has 9 nitrogen and oxygen atoms in total. The van der Waals surface area contributed by atoms with Gasteiger partial charge < -0.3 is 39.9 Å². The summed E-state index contributed by atoms with van der Waals surface area (Å²) in [6.45, 7) is 0. The quantitative estimate of drug-likeness (QED) is 0.0555. The van der Waals surface area contributed by atoms with Gasteiger partial charge in [-0.25, -0.2) is 4.79 Å². The highest BCUT2D eigenvalue weighted by Gasteiger charge is 2.29. The Labute approximate surface area is 269 Å². The molecule has 43 heavy (non-hydrogen) atoms. The topological polar surface area (TPSA) is 124 Å². The Morgan fingerprint density at radius 1 is 0.419 bits per heavy atom. The first-order valence-corrected chi connectivity index (χ1v) is 17.9. The van der Waals surface area contributed by atoms with Crippen molar-refractivity contribution >= 4 is 17.8 Å². The first-order valence-electron chi connectivity index (χ1n) is 16.7. The molecule has 0 aliphatic rings. The second-order valence-corrected chi connectivity index (χ2v) is 12.4. The van der Waals surface area contributed by atoms with Crippen molar-refractivity contribution in [1.82, 2.24) is 0 Å². The van der Waals surface area contributed by atoms with Crippen molar-refractivity contribution in [2.45, 2.75) is 153 Å². The molecule has 0 fully saturated rings. The fourth-order valence-corrected chi connectivity index (χ4v) is 6.15. The molecule has 0 radical (unpaired) electrons. The van der Waals surface area contributed by atoms with Crippen LogP contribution in [0.3, 0.4) is 0 Å². The largest absolute Gasteiger partial charge is 0.352 e. The van der Waals surface area contributed by atoms with Crippen molar-refractivity contribution in [3.63, 3.8) is 0 Å². The number of nitrogens with two attached hydrogens (primary N) is 2. The van der Waals surface area contributed by atoms with Gasteiger partial charge >= 0.3 is 6.03 Å². The number of thioether (sulfide) groups is 1. The first-order chi connectivity index (χ1) is 20.8. The van der Waals surface area contributed by atoms with Crippen LogP contribution in [0.15, 0.2) is 0 Å². The highest BCUT2D eigenvalue weighted by Crippen LogP contribution is 2.23. The van der Waals surface area contributed by atoms with Crippen LogP contribution in [0.2, 0.25) is 0 Å². The molecule has 0 aliphatic carbocycles. The number of unbranched alkanes of at least 4 members (excludes halogenated alkanes) is 18.